The average molecular weight is 219 g/mol. The molecule has 16 heavy (non-hydrogen) atoms. The fourth-order valence-corrected chi connectivity index (χ4v) is 2.25. The molecule has 1 atom stereocenters. The fraction of sp³-hybridized carbons (Fsp3) is 0.600. The molecule has 1 nitrogen and oxygen atoms in total. The van der Waals surface area contributed by atoms with Gasteiger partial charge in [-0.3, -0.25) is 0 Å². The lowest BCUT2D eigenvalue weighted by Gasteiger charge is -2.19. The number of rotatable bonds is 6. The largest absolute Gasteiger partial charge is 0.310 e. The van der Waals surface area contributed by atoms with Crippen LogP contribution in [0.2, 0.25) is 0 Å². The zero-order chi connectivity index (χ0) is 12.0. The summed E-state index contributed by atoms with van der Waals surface area (Å²) < 4.78 is 0. The Labute approximate surface area is 100 Å². The molecule has 0 saturated carbocycles. The van der Waals surface area contributed by atoms with E-state index in [-0.39, 0.29) is 0 Å². The quantitative estimate of drug-likeness (QED) is 0.758. The zero-order valence-electron chi connectivity index (χ0n) is 11.1. The topological polar surface area (TPSA) is 12.0 Å². The minimum absolute atomic E-state index is 0.531. The van der Waals surface area contributed by atoms with Crippen LogP contribution in [0.3, 0.4) is 0 Å². The van der Waals surface area contributed by atoms with Gasteiger partial charge in [0.25, 0.3) is 0 Å². The third-order valence-electron chi connectivity index (χ3n) is 2.94. The van der Waals surface area contributed by atoms with Crippen molar-refractivity contribution in [2.24, 2.45) is 0 Å². The van der Waals surface area contributed by atoms with Crippen molar-refractivity contribution in [2.75, 3.05) is 6.54 Å². The number of benzene rings is 1. The van der Waals surface area contributed by atoms with Crippen LogP contribution in [0.5, 0.6) is 0 Å². The molecule has 0 radical (unpaired) electrons. The van der Waals surface area contributed by atoms with Crippen LogP contribution in [0.4, 0.5) is 0 Å². The van der Waals surface area contributed by atoms with Gasteiger partial charge < -0.3 is 5.32 Å². The average Bonchev–Trinajstić information content (AvgIpc) is 2.22. The molecule has 1 N–H and O–H groups in total. The summed E-state index contributed by atoms with van der Waals surface area (Å²) in [5.74, 6) is 0. The summed E-state index contributed by atoms with van der Waals surface area (Å²) in [5.41, 5.74) is 4.19. The van der Waals surface area contributed by atoms with Gasteiger partial charge in [-0.15, -0.1) is 0 Å². The zero-order valence-corrected chi connectivity index (χ0v) is 11.1. The van der Waals surface area contributed by atoms with Gasteiger partial charge in [0.1, 0.15) is 0 Å². The molecule has 1 aromatic carbocycles. The SMILES string of the molecule is CCCCC(NCC)c1cc(C)cc(C)c1. The Bertz CT molecular complexity index is 297. The van der Waals surface area contributed by atoms with Crippen LogP contribution in [-0.2, 0) is 0 Å². The Balaban J connectivity index is 2.82. The van der Waals surface area contributed by atoms with Crippen LogP contribution < -0.4 is 5.32 Å². The number of nitrogens with one attached hydrogen (secondary N) is 1. The van der Waals surface area contributed by atoms with Gasteiger partial charge in [0.15, 0.2) is 0 Å². The Morgan fingerprint density at radius 2 is 1.69 bits per heavy atom. The first-order valence-electron chi connectivity index (χ1n) is 6.49. The molecule has 1 aromatic rings. The summed E-state index contributed by atoms with van der Waals surface area (Å²) in [6.07, 6.45) is 3.81. The molecule has 0 bridgehead atoms. The van der Waals surface area contributed by atoms with E-state index in [1.165, 1.54) is 36.0 Å². The molecule has 0 spiro atoms. The lowest BCUT2D eigenvalue weighted by atomic mass is 9.97. The second kappa shape index (κ2) is 6.70. The van der Waals surface area contributed by atoms with E-state index in [0.29, 0.717) is 6.04 Å². The van der Waals surface area contributed by atoms with Gasteiger partial charge in [0, 0.05) is 6.04 Å². The fourth-order valence-electron chi connectivity index (χ4n) is 2.25. The van der Waals surface area contributed by atoms with Crippen LogP contribution in [0.25, 0.3) is 0 Å². The van der Waals surface area contributed by atoms with E-state index in [4.69, 9.17) is 0 Å². The third kappa shape index (κ3) is 3.97. The van der Waals surface area contributed by atoms with E-state index in [0.717, 1.165) is 6.54 Å². The van der Waals surface area contributed by atoms with Gasteiger partial charge in [0.05, 0.1) is 0 Å². The van der Waals surface area contributed by atoms with Gasteiger partial charge in [-0.2, -0.15) is 0 Å². The molecule has 0 saturated heterocycles. The molecule has 0 fully saturated rings. The molecule has 1 unspecified atom stereocenters. The lowest BCUT2D eigenvalue weighted by Crippen LogP contribution is -2.21. The van der Waals surface area contributed by atoms with Crippen molar-refractivity contribution in [3.63, 3.8) is 0 Å². The predicted molar refractivity (Wildman–Crippen MR) is 71.9 cm³/mol. The second-order valence-electron chi connectivity index (χ2n) is 4.67. The summed E-state index contributed by atoms with van der Waals surface area (Å²) in [5, 5.41) is 3.59. The van der Waals surface area contributed by atoms with Crippen LogP contribution >= 0.6 is 0 Å². The van der Waals surface area contributed by atoms with Crippen molar-refractivity contribution < 1.29 is 0 Å². The van der Waals surface area contributed by atoms with Crippen molar-refractivity contribution in [3.05, 3.63) is 34.9 Å². The summed E-state index contributed by atoms with van der Waals surface area (Å²) in [6.45, 7) is 9.84. The molecule has 0 aliphatic carbocycles. The van der Waals surface area contributed by atoms with Gasteiger partial charge in [-0.05, 0) is 32.4 Å². The van der Waals surface area contributed by atoms with Gasteiger partial charge in [-0.1, -0.05) is 56.0 Å². The normalized spacial score (nSPS) is 12.8. The van der Waals surface area contributed by atoms with Crippen LogP contribution in [0.15, 0.2) is 18.2 Å². The minimum Gasteiger partial charge on any atom is -0.310 e. The van der Waals surface area contributed by atoms with Gasteiger partial charge in [0.2, 0.25) is 0 Å². The van der Waals surface area contributed by atoms with Crippen LogP contribution in [-0.4, -0.2) is 6.54 Å². The highest BCUT2D eigenvalue weighted by molar-refractivity contribution is 5.30. The van der Waals surface area contributed by atoms with Gasteiger partial charge in [-0.25, -0.2) is 0 Å². The number of unbranched alkanes of at least 4 members (excludes halogenated alkanes) is 1. The van der Waals surface area contributed by atoms with E-state index in [1.54, 1.807) is 0 Å². The Hall–Kier alpha value is -0.820. The number of aryl methyl sites for hydroxylation is 2. The minimum atomic E-state index is 0.531. The standard InChI is InChI=1S/C15H25N/c1-5-7-8-15(16-6-2)14-10-12(3)9-13(4)11-14/h9-11,15-16H,5-8H2,1-4H3. The van der Waals surface area contributed by atoms with Crippen molar-refractivity contribution in [1.29, 1.82) is 0 Å². The maximum Gasteiger partial charge on any atom is 0.0320 e. The monoisotopic (exact) mass is 219 g/mol. The molecule has 0 aliphatic rings. The van der Waals surface area contributed by atoms with Crippen LogP contribution in [0.1, 0.15) is 55.8 Å². The summed E-state index contributed by atoms with van der Waals surface area (Å²) in [7, 11) is 0. The second-order valence-corrected chi connectivity index (χ2v) is 4.67. The molecular formula is C15H25N. The summed E-state index contributed by atoms with van der Waals surface area (Å²) in [6, 6.07) is 7.40. The molecule has 0 amide bonds. The smallest absolute Gasteiger partial charge is 0.0320 e. The molecular weight excluding hydrogens is 194 g/mol. The van der Waals surface area contributed by atoms with Crippen molar-refractivity contribution in [2.45, 2.75) is 53.0 Å². The van der Waals surface area contributed by atoms with Crippen molar-refractivity contribution in [1.82, 2.24) is 5.32 Å². The summed E-state index contributed by atoms with van der Waals surface area (Å²) >= 11 is 0. The van der Waals surface area contributed by atoms with E-state index in [2.05, 4.69) is 51.2 Å². The Morgan fingerprint density at radius 1 is 1.06 bits per heavy atom. The highest BCUT2D eigenvalue weighted by Gasteiger charge is 2.10. The molecule has 1 heteroatoms. The number of hydrogen-bond donors (Lipinski definition) is 1. The highest BCUT2D eigenvalue weighted by atomic mass is 14.9. The van der Waals surface area contributed by atoms with E-state index < -0.39 is 0 Å². The number of hydrogen-bond acceptors (Lipinski definition) is 1. The Morgan fingerprint density at radius 3 is 2.19 bits per heavy atom. The maximum absolute atomic E-state index is 3.59. The maximum atomic E-state index is 3.59. The van der Waals surface area contributed by atoms with Crippen molar-refractivity contribution in [3.8, 4) is 0 Å². The third-order valence-corrected chi connectivity index (χ3v) is 2.94. The Kier molecular flexibility index (Phi) is 5.54. The molecule has 0 heterocycles. The van der Waals surface area contributed by atoms with Gasteiger partial charge >= 0.3 is 0 Å². The first-order chi connectivity index (χ1) is 7.67. The molecule has 0 aromatic heterocycles. The predicted octanol–water partition coefficient (Wildman–Crippen LogP) is 4.14. The molecule has 1 rings (SSSR count). The van der Waals surface area contributed by atoms with E-state index in [9.17, 15) is 0 Å². The van der Waals surface area contributed by atoms with Crippen molar-refractivity contribution >= 4 is 0 Å². The first kappa shape index (κ1) is 13.2. The molecule has 90 valence electrons. The van der Waals surface area contributed by atoms with E-state index >= 15 is 0 Å². The van der Waals surface area contributed by atoms with Crippen LogP contribution in [0, 0.1) is 13.8 Å². The lowest BCUT2D eigenvalue weighted by molar-refractivity contribution is 0.494. The first-order valence-corrected chi connectivity index (χ1v) is 6.49. The highest BCUT2D eigenvalue weighted by Crippen LogP contribution is 2.21. The molecule has 0 aliphatic heterocycles. The van der Waals surface area contributed by atoms with E-state index in [1.807, 2.05) is 0 Å². The summed E-state index contributed by atoms with van der Waals surface area (Å²) in [4.78, 5) is 0.